The Bertz CT molecular complexity index is 522. The molecule has 1 unspecified atom stereocenters. The highest BCUT2D eigenvalue weighted by atomic mass is 32.2. The second kappa shape index (κ2) is 5.68. The minimum atomic E-state index is -3.59. The first-order valence-corrected chi connectivity index (χ1v) is 7.57. The minimum absolute atomic E-state index is 0.0296. The smallest absolute Gasteiger partial charge is 0.249 e. The highest BCUT2D eigenvalue weighted by Gasteiger charge is 2.28. The molecule has 8 heteroatoms. The molecule has 6 nitrogen and oxygen atoms in total. The lowest BCUT2D eigenvalue weighted by Gasteiger charge is -2.15. The van der Waals surface area contributed by atoms with E-state index in [-0.39, 0.29) is 16.8 Å². The van der Waals surface area contributed by atoms with Gasteiger partial charge in [0.2, 0.25) is 10.0 Å². The van der Waals surface area contributed by atoms with Gasteiger partial charge in [0.25, 0.3) is 0 Å². The van der Waals surface area contributed by atoms with Crippen molar-refractivity contribution in [3.63, 3.8) is 0 Å². The topological polar surface area (TPSA) is 88.3 Å². The van der Waals surface area contributed by atoms with Crippen molar-refractivity contribution >= 4 is 32.4 Å². The van der Waals surface area contributed by atoms with E-state index < -0.39 is 10.0 Å². The van der Waals surface area contributed by atoms with Crippen LogP contribution in [0.15, 0.2) is 17.6 Å². The number of anilines is 2. The van der Waals surface area contributed by atoms with E-state index in [1.54, 1.807) is 6.08 Å². The van der Waals surface area contributed by atoms with Gasteiger partial charge in [-0.15, -0.1) is 6.58 Å². The van der Waals surface area contributed by atoms with Crippen molar-refractivity contribution in [3.8, 4) is 0 Å². The molecule has 1 aromatic rings. The van der Waals surface area contributed by atoms with Crippen LogP contribution in [0.3, 0.4) is 0 Å². The molecular formula is C10H18N4O2S2. The van der Waals surface area contributed by atoms with Crippen LogP contribution in [0.5, 0.6) is 0 Å². The maximum absolute atomic E-state index is 12.1. The average molecular weight is 290 g/mol. The second-order valence-corrected chi connectivity index (χ2v) is 6.95. The van der Waals surface area contributed by atoms with Crippen LogP contribution in [0, 0.1) is 0 Å². The van der Waals surface area contributed by atoms with Gasteiger partial charge in [-0.25, -0.2) is 12.7 Å². The zero-order valence-corrected chi connectivity index (χ0v) is 12.3. The molecule has 1 aromatic heterocycles. The minimum Gasteiger partial charge on any atom is -0.382 e. The largest absolute Gasteiger partial charge is 0.382 e. The zero-order valence-electron chi connectivity index (χ0n) is 10.7. The number of hydrogen-bond donors (Lipinski definition) is 2. The monoisotopic (exact) mass is 290 g/mol. The van der Waals surface area contributed by atoms with Crippen molar-refractivity contribution in [2.75, 3.05) is 25.1 Å². The summed E-state index contributed by atoms with van der Waals surface area (Å²) in [7, 11) is -0.664. The third kappa shape index (κ3) is 3.01. The molecule has 3 N–H and O–H groups in total. The van der Waals surface area contributed by atoms with E-state index in [4.69, 9.17) is 5.73 Å². The molecular weight excluding hydrogens is 272 g/mol. The summed E-state index contributed by atoms with van der Waals surface area (Å²) >= 11 is 1.05. The molecule has 0 aliphatic rings. The number of rotatable bonds is 6. The van der Waals surface area contributed by atoms with Crippen molar-refractivity contribution in [2.45, 2.75) is 24.3 Å². The van der Waals surface area contributed by atoms with Crippen LogP contribution in [0.2, 0.25) is 0 Å². The first-order valence-electron chi connectivity index (χ1n) is 5.35. The summed E-state index contributed by atoms with van der Waals surface area (Å²) in [6.07, 6.45) is 2.49. The molecule has 18 heavy (non-hydrogen) atoms. The van der Waals surface area contributed by atoms with Crippen molar-refractivity contribution in [2.24, 2.45) is 0 Å². The number of aromatic nitrogens is 1. The molecule has 1 rings (SSSR count). The van der Waals surface area contributed by atoms with Gasteiger partial charge in [0, 0.05) is 20.1 Å². The molecule has 0 bridgehead atoms. The van der Waals surface area contributed by atoms with E-state index in [9.17, 15) is 8.42 Å². The summed E-state index contributed by atoms with van der Waals surface area (Å²) in [5, 5.41) is 3.56. The van der Waals surface area contributed by atoms with Gasteiger partial charge < -0.3 is 11.1 Å². The lowest BCUT2D eigenvalue weighted by atomic mass is 10.2. The maximum Gasteiger partial charge on any atom is 0.249 e. The number of sulfonamides is 1. The zero-order chi connectivity index (χ0) is 13.9. The number of nitrogens with one attached hydrogen (secondary N) is 1. The first kappa shape index (κ1) is 14.9. The van der Waals surface area contributed by atoms with Crippen molar-refractivity contribution < 1.29 is 8.42 Å². The number of nitrogens with zero attached hydrogens (tertiary/aromatic N) is 2. The van der Waals surface area contributed by atoms with Gasteiger partial charge in [-0.2, -0.15) is 4.37 Å². The Hall–Kier alpha value is -1.12. The van der Waals surface area contributed by atoms with Crippen LogP contribution in [0.1, 0.15) is 13.3 Å². The number of nitrogens with two attached hydrogens (primary N) is 1. The van der Waals surface area contributed by atoms with E-state index in [2.05, 4.69) is 16.3 Å². The molecule has 1 heterocycles. The Morgan fingerprint density at radius 3 is 2.72 bits per heavy atom. The Balaban J connectivity index is 3.14. The molecule has 0 aliphatic heterocycles. The van der Waals surface area contributed by atoms with E-state index in [1.807, 2.05) is 6.92 Å². The molecule has 0 radical (unpaired) electrons. The predicted octanol–water partition coefficient (Wildman–Crippen LogP) is 1.35. The molecule has 0 amide bonds. The van der Waals surface area contributed by atoms with Gasteiger partial charge in [0.1, 0.15) is 5.00 Å². The molecule has 0 aromatic carbocycles. The molecule has 0 spiro atoms. The molecule has 0 saturated carbocycles. The van der Waals surface area contributed by atoms with Crippen molar-refractivity contribution in [1.82, 2.24) is 8.68 Å². The molecule has 0 fully saturated rings. The fourth-order valence-corrected chi connectivity index (χ4v) is 3.53. The quantitative estimate of drug-likeness (QED) is 0.772. The fourth-order valence-electron chi connectivity index (χ4n) is 1.35. The van der Waals surface area contributed by atoms with E-state index >= 15 is 0 Å². The summed E-state index contributed by atoms with van der Waals surface area (Å²) in [5.41, 5.74) is 5.65. The predicted molar refractivity (Wildman–Crippen MR) is 75.3 cm³/mol. The third-order valence-corrected chi connectivity index (χ3v) is 5.12. The van der Waals surface area contributed by atoms with Gasteiger partial charge in [0.15, 0.2) is 10.7 Å². The number of nitrogen functional groups attached to an aromatic ring is 1. The molecule has 102 valence electrons. The fraction of sp³-hybridized carbons (Fsp3) is 0.500. The average Bonchev–Trinajstić information content (AvgIpc) is 2.60. The molecule has 1 atom stereocenters. The van der Waals surface area contributed by atoms with Gasteiger partial charge in [0.05, 0.1) is 0 Å². The standard InChI is InChI=1S/C10H18N4O2S2/c1-5-6-7(2)12-10-8(9(11)13-17-10)18(15,16)14(3)4/h5,7,12H,1,6H2,2-4H3,(H2,11,13). The maximum atomic E-state index is 12.1. The van der Waals surface area contributed by atoms with Crippen LogP contribution < -0.4 is 11.1 Å². The van der Waals surface area contributed by atoms with Crippen LogP contribution in [0.4, 0.5) is 10.8 Å². The summed E-state index contributed by atoms with van der Waals surface area (Å²) in [5.74, 6) is 0.0296. The van der Waals surface area contributed by atoms with Gasteiger partial charge in [-0.05, 0) is 24.9 Å². The van der Waals surface area contributed by atoms with Crippen molar-refractivity contribution in [1.29, 1.82) is 0 Å². The van der Waals surface area contributed by atoms with Gasteiger partial charge in [-0.3, -0.25) is 0 Å². The lowest BCUT2D eigenvalue weighted by molar-refractivity contribution is 0.521. The summed E-state index contributed by atoms with van der Waals surface area (Å²) in [6, 6.07) is 0.0680. The Morgan fingerprint density at radius 2 is 2.22 bits per heavy atom. The third-order valence-electron chi connectivity index (χ3n) is 2.31. The Kier molecular flexibility index (Phi) is 4.71. The first-order chi connectivity index (χ1) is 8.30. The summed E-state index contributed by atoms with van der Waals surface area (Å²) < 4.78 is 29.3. The van der Waals surface area contributed by atoms with Gasteiger partial charge >= 0.3 is 0 Å². The Morgan fingerprint density at radius 1 is 1.61 bits per heavy atom. The van der Waals surface area contributed by atoms with Crippen LogP contribution >= 0.6 is 11.5 Å². The van der Waals surface area contributed by atoms with E-state index in [0.29, 0.717) is 5.00 Å². The molecule has 0 aliphatic carbocycles. The van der Waals surface area contributed by atoms with E-state index in [1.165, 1.54) is 14.1 Å². The van der Waals surface area contributed by atoms with Gasteiger partial charge in [-0.1, -0.05) is 6.08 Å². The summed E-state index contributed by atoms with van der Waals surface area (Å²) in [6.45, 7) is 5.58. The lowest BCUT2D eigenvalue weighted by Crippen LogP contribution is -2.24. The van der Waals surface area contributed by atoms with Crippen LogP contribution in [0.25, 0.3) is 0 Å². The number of hydrogen-bond acceptors (Lipinski definition) is 6. The molecule has 0 saturated heterocycles. The summed E-state index contributed by atoms with van der Waals surface area (Å²) in [4.78, 5) is 0.0495. The normalized spacial score (nSPS) is 13.6. The second-order valence-electron chi connectivity index (χ2n) is 4.08. The highest BCUT2D eigenvalue weighted by Crippen LogP contribution is 2.33. The van der Waals surface area contributed by atoms with Crippen LogP contribution in [-0.4, -0.2) is 37.2 Å². The van der Waals surface area contributed by atoms with Crippen LogP contribution in [-0.2, 0) is 10.0 Å². The van der Waals surface area contributed by atoms with E-state index in [0.717, 1.165) is 22.3 Å². The SMILES string of the molecule is C=CCC(C)Nc1snc(N)c1S(=O)(=O)N(C)C. The highest BCUT2D eigenvalue weighted by molar-refractivity contribution is 7.89. The Labute approximate surface area is 112 Å². The van der Waals surface area contributed by atoms with Crippen molar-refractivity contribution in [3.05, 3.63) is 12.7 Å².